The minimum Gasteiger partial charge on any atom is -0.480 e. The summed E-state index contributed by atoms with van der Waals surface area (Å²) in [5.41, 5.74) is 0. The van der Waals surface area contributed by atoms with Gasteiger partial charge in [-0.25, -0.2) is 4.79 Å². The summed E-state index contributed by atoms with van der Waals surface area (Å²) in [6.45, 7) is -0.752. The van der Waals surface area contributed by atoms with Crippen LogP contribution in [0.25, 0.3) is 0 Å². The Hall–Kier alpha value is -1.13. The van der Waals surface area contributed by atoms with Gasteiger partial charge in [-0.05, 0) is 0 Å². The lowest BCUT2D eigenvalue weighted by molar-refractivity contribution is -0.140. The molecule has 5 heteroatoms. The fourth-order valence-corrected chi connectivity index (χ4v) is 0.469. The maximum atomic E-state index is 11.5. The average molecular weight is 149 g/mol. The molecule has 0 aliphatic rings. The fourth-order valence-electron chi connectivity index (χ4n) is 0.469. The van der Waals surface area contributed by atoms with E-state index >= 15 is 0 Å². The van der Waals surface area contributed by atoms with Gasteiger partial charge < -0.3 is 10.4 Å². The first kappa shape index (κ1) is 8.87. The van der Waals surface area contributed by atoms with E-state index < -0.39 is 18.7 Å². The zero-order chi connectivity index (χ0) is 7.98. The van der Waals surface area contributed by atoms with Gasteiger partial charge in [0.15, 0.2) is 0 Å². The molecule has 0 aliphatic carbocycles. The van der Waals surface area contributed by atoms with Crippen molar-refractivity contribution in [2.24, 2.45) is 0 Å². The van der Waals surface area contributed by atoms with Crippen molar-refractivity contribution in [3.05, 3.63) is 0 Å². The highest BCUT2D eigenvalue weighted by molar-refractivity contribution is 5.76. The van der Waals surface area contributed by atoms with Crippen LogP contribution in [0.1, 0.15) is 6.42 Å². The van der Waals surface area contributed by atoms with Gasteiger partial charge in [0, 0.05) is 6.42 Å². The van der Waals surface area contributed by atoms with E-state index in [2.05, 4.69) is 0 Å². The van der Waals surface area contributed by atoms with Gasteiger partial charge in [-0.15, -0.1) is 0 Å². The van der Waals surface area contributed by atoms with Crippen molar-refractivity contribution >= 4 is 12.4 Å². The Kier molecular flexibility index (Phi) is 4.19. The number of rotatable bonds is 5. The summed E-state index contributed by atoms with van der Waals surface area (Å²) in [6, 6.07) is -1.09. The topological polar surface area (TPSA) is 66.4 Å². The molecule has 0 aromatic carbocycles. The Bertz CT molecular complexity index is 128. The summed E-state index contributed by atoms with van der Waals surface area (Å²) in [5, 5.41) is 10.2. The molecule has 0 aliphatic heterocycles. The zero-order valence-corrected chi connectivity index (χ0v) is 5.21. The maximum Gasteiger partial charge on any atom is 0.326 e. The van der Waals surface area contributed by atoms with Gasteiger partial charge in [0.25, 0.3) is 0 Å². The summed E-state index contributed by atoms with van der Waals surface area (Å²) in [4.78, 5) is 19.8. The molecule has 0 radical (unpaired) electrons. The van der Waals surface area contributed by atoms with Crippen LogP contribution in [0.4, 0.5) is 4.39 Å². The molecule has 0 aromatic rings. The van der Waals surface area contributed by atoms with Crippen LogP contribution >= 0.6 is 0 Å². The largest absolute Gasteiger partial charge is 0.480 e. The van der Waals surface area contributed by atoms with Gasteiger partial charge in [-0.2, -0.15) is 0 Å². The molecular formula is C5H8FNO3. The molecule has 1 atom stereocenters. The smallest absolute Gasteiger partial charge is 0.326 e. The van der Waals surface area contributed by atoms with Crippen LogP contribution in [0, 0.1) is 0 Å². The molecule has 0 bridgehead atoms. The standard InChI is InChI=1S/C5H8FNO3/c6-2-1-4(5(9)10)7-3-8/h3-4H,1-2H2,(H,7,8)(H,9,10). The van der Waals surface area contributed by atoms with E-state index in [1.807, 2.05) is 5.32 Å². The first-order valence-electron chi connectivity index (χ1n) is 2.70. The van der Waals surface area contributed by atoms with Crippen molar-refractivity contribution in [3.8, 4) is 0 Å². The van der Waals surface area contributed by atoms with Crippen molar-refractivity contribution in [1.29, 1.82) is 0 Å². The second-order valence-electron chi connectivity index (χ2n) is 1.65. The molecule has 0 fully saturated rings. The molecule has 0 saturated carbocycles. The minimum atomic E-state index is -1.22. The van der Waals surface area contributed by atoms with E-state index in [9.17, 15) is 14.0 Å². The summed E-state index contributed by atoms with van der Waals surface area (Å²) in [7, 11) is 0. The van der Waals surface area contributed by atoms with Crippen LogP contribution in [0.2, 0.25) is 0 Å². The first-order chi connectivity index (χ1) is 4.72. The predicted molar refractivity (Wildman–Crippen MR) is 31.2 cm³/mol. The Morgan fingerprint density at radius 1 is 1.80 bits per heavy atom. The van der Waals surface area contributed by atoms with Crippen molar-refractivity contribution in [3.63, 3.8) is 0 Å². The SMILES string of the molecule is O=CNC(CCF)C(=O)O. The van der Waals surface area contributed by atoms with E-state index in [4.69, 9.17) is 5.11 Å². The fraction of sp³-hybridized carbons (Fsp3) is 0.600. The highest BCUT2D eigenvalue weighted by Gasteiger charge is 2.14. The van der Waals surface area contributed by atoms with Gasteiger partial charge in [0.05, 0.1) is 6.67 Å². The number of carbonyl (C=O) groups is 2. The Balaban J connectivity index is 3.71. The van der Waals surface area contributed by atoms with Gasteiger partial charge in [0.2, 0.25) is 6.41 Å². The van der Waals surface area contributed by atoms with E-state index in [1.54, 1.807) is 0 Å². The number of carboxylic acids is 1. The molecule has 1 unspecified atom stereocenters. The summed E-state index contributed by atoms with van der Waals surface area (Å²) >= 11 is 0. The van der Waals surface area contributed by atoms with E-state index in [-0.39, 0.29) is 12.8 Å². The Labute approximate surface area is 57.0 Å². The van der Waals surface area contributed by atoms with E-state index in [0.29, 0.717) is 0 Å². The van der Waals surface area contributed by atoms with Crippen molar-refractivity contribution < 1.29 is 19.1 Å². The second kappa shape index (κ2) is 4.72. The van der Waals surface area contributed by atoms with E-state index in [1.165, 1.54) is 0 Å². The lowest BCUT2D eigenvalue weighted by Crippen LogP contribution is -2.35. The summed E-state index contributed by atoms with van der Waals surface area (Å²) in [6.07, 6.45) is 0.0581. The van der Waals surface area contributed by atoms with Crippen LogP contribution in [0.3, 0.4) is 0 Å². The monoisotopic (exact) mass is 149 g/mol. The molecular weight excluding hydrogens is 141 g/mol. The molecule has 2 N–H and O–H groups in total. The number of nitrogens with one attached hydrogen (secondary N) is 1. The van der Waals surface area contributed by atoms with Crippen LogP contribution in [0.5, 0.6) is 0 Å². The molecule has 58 valence electrons. The predicted octanol–water partition coefficient (Wildman–Crippen LogP) is -0.455. The molecule has 1 amide bonds. The number of hydrogen-bond donors (Lipinski definition) is 2. The lowest BCUT2D eigenvalue weighted by Gasteiger charge is -2.06. The third-order valence-electron chi connectivity index (χ3n) is 0.965. The third-order valence-corrected chi connectivity index (χ3v) is 0.965. The molecule has 0 saturated heterocycles. The number of hydrogen-bond acceptors (Lipinski definition) is 2. The molecule has 0 heterocycles. The molecule has 4 nitrogen and oxygen atoms in total. The summed E-state index contributed by atoms with van der Waals surface area (Å²) < 4.78 is 11.5. The minimum absolute atomic E-state index is 0.186. The van der Waals surface area contributed by atoms with Crippen LogP contribution in [-0.4, -0.2) is 30.2 Å². The highest BCUT2D eigenvalue weighted by Crippen LogP contribution is 1.90. The van der Waals surface area contributed by atoms with Gasteiger partial charge >= 0.3 is 5.97 Å². The number of carboxylic acid groups (broad SMARTS) is 1. The number of amides is 1. The van der Waals surface area contributed by atoms with Crippen LogP contribution in [0.15, 0.2) is 0 Å². The zero-order valence-electron chi connectivity index (χ0n) is 5.21. The third kappa shape index (κ3) is 3.01. The molecule has 0 rings (SSSR count). The van der Waals surface area contributed by atoms with Crippen molar-refractivity contribution in [2.75, 3.05) is 6.67 Å². The number of halogens is 1. The number of aliphatic carboxylic acids is 1. The number of carbonyl (C=O) groups excluding carboxylic acids is 1. The van der Waals surface area contributed by atoms with Gasteiger partial charge in [-0.1, -0.05) is 0 Å². The summed E-state index contributed by atoms with van der Waals surface area (Å²) in [5.74, 6) is -1.22. The molecule has 10 heavy (non-hydrogen) atoms. The Morgan fingerprint density at radius 3 is 2.70 bits per heavy atom. The normalized spacial score (nSPS) is 12.1. The maximum absolute atomic E-state index is 11.5. The van der Waals surface area contributed by atoms with Crippen molar-refractivity contribution in [2.45, 2.75) is 12.5 Å². The average Bonchev–Trinajstić information content (AvgIpc) is 1.87. The first-order valence-corrected chi connectivity index (χ1v) is 2.70. The second-order valence-corrected chi connectivity index (χ2v) is 1.65. The van der Waals surface area contributed by atoms with E-state index in [0.717, 1.165) is 0 Å². The van der Waals surface area contributed by atoms with Crippen LogP contribution < -0.4 is 5.32 Å². The Morgan fingerprint density at radius 2 is 2.40 bits per heavy atom. The number of alkyl halides is 1. The van der Waals surface area contributed by atoms with Gasteiger partial charge in [-0.3, -0.25) is 9.18 Å². The molecule has 0 aromatic heterocycles. The highest BCUT2D eigenvalue weighted by atomic mass is 19.1. The van der Waals surface area contributed by atoms with Gasteiger partial charge in [0.1, 0.15) is 6.04 Å². The molecule has 0 spiro atoms. The quantitative estimate of drug-likeness (QED) is 0.520. The lowest BCUT2D eigenvalue weighted by atomic mass is 10.2. The van der Waals surface area contributed by atoms with Crippen molar-refractivity contribution in [1.82, 2.24) is 5.32 Å². The van der Waals surface area contributed by atoms with Crippen LogP contribution in [-0.2, 0) is 9.59 Å².